The molecule has 6 heteroatoms. The predicted octanol–water partition coefficient (Wildman–Crippen LogP) is 2.64. The van der Waals surface area contributed by atoms with Gasteiger partial charge in [-0.1, -0.05) is 12.8 Å². The van der Waals surface area contributed by atoms with Gasteiger partial charge >= 0.3 is 0 Å². The Hall–Kier alpha value is -0.850. The van der Waals surface area contributed by atoms with Crippen molar-refractivity contribution in [2.45, 2.75) is 63.6 Å². The Labute approximate surface area is 127 Å². The van der Waals surface area contributed by atoms with E-state index < -0.39 is 10.0 Å². The number of rotatable bonds is 8. The Balaban J connectivity index is 1.82. The van der Waals surface area contributed by atoms with E-state index in [1.54, 1.807) is 6.07 Å². The van der Waals surface area contributed by atoms with Crippen LogP contribution < -0.4 is 10.0 Å². The lowest BCUT2D eigenvalue weighted by molar-refractivity contribution is 0.359. The second-order valence-electron chi connectivity index (χ2n) is 6.81. The van der Waals surface area contributed by atoms with Crippen molar-refractivity contribution < 1.29 is 12.8 Å². The number of sulfonamides is 1. The number of nitrogens with one attached hydrogen (secondary N) is 2. The summed E-state index contributed by atoms with van der Waals surface area (Å²) in [5.74, 6) is 1.46. The molecule has 5 nitrogen and oxygen atoms in total. The molecule has 0 saturated heterocycles. The predicted molar refractivity (Wildman–Crippen MR) is 82.4 cm³/mol. The molecular formula is C15H26N2O3S. The van der Waals surface area contributed by atoms with Gasteiger partial charge in [0, 0.05) is 12.1 Å². The van der Waals surface area contributed by atoms with Crippen molar-refractivity contribution in [2.24, 2.45) is 5.92 Å². The van der Waals surface area contributed by atoms with Crippen LogP contribution in [0.1, 0.15) is 52.2 Å². The topological polar surface area (TPSA) is 71.3 Å². The van der Waals surface area contributed by atoms with Crippen LogP contribution in [0.5, 0.6) is 0 Å². The summed E-state index contributed by atoms with van der Waals surface area (Å²) in [7, 11) is -3.52. The van der Waals surface area contributed by atoms with Gasteiger partial charge in [-0.05, 0) is 51.7 Å². The zero-order valence-corrected chi connectivity index (χ0v) is 13.9. The fourth-order valence-electron chi connectivity index (χ4n) is 2.02. The molecule has 2 rings (SSSR count). The van der Waals surface area contributed by atoms with Gasteiger partial charge in [0.25, 0.3) is 10.0 Å². The van der Waals surface area contributed by atoms with Gasteiger partial charge in [0.15, 0.2) is 0 Å². The molecule has 0 spiro atoms. The highest BCUT2D eigenvalue weighted by molar-refractivity contribution is 7.89. The van der Waals surface area contributed by atoms with E-state index in [2.05, 4.69) is 30.8 Å². The van der Waals surface area contributed by atoms with E-state index in [9.17, 15) is 8.42 Å². The Morgan fingerprint density at radius 3 is 2.62 bits per heavy atom. The first-order valence-electron chi connectivity index (χ1n) is 7.60. The normalized spacial score (nSPS) is 16.3. The van der Waals surface area contributed by atoms with Crippen molar-refractivity contribution in [3.63, 3.8) is 0 Å². The fraction of sp³-hybridized carbons (Fsp3) is 0.733. The number of furan rings is 1. The molecule has 0 unspecified atom stereocenters. The molecule has 1 aliphatic carbocycles. The van der Waals surface area contributed by atoms with E-state index in [1.165, 1.54) is 18.9 Å². The van der Waals surface area contributed by atoms with E-state index in [1.807, 2.05) is 0 Å². The molecule has 1 aromatic rings. The summed E-state index contributed by atoms with van der Waals surface area (Å²) < 4.78 is 32.2. The monoisotopic (exact) mass is 314 g/mol. The van der Waals surface area contributed by atoms with E-state index in [0.29, 0.717) is 18.8 Å². The molecule has 0 aromatic carbocycles. The van der Waals surface area contributed by atoms with Gasteiger partial charge in [0.2, 0.25) is 5.09 Å². The Morgan fingerprint density at radius 1 is 1.29 bits per heavy atom. The first-order chi connectivity index (χ1) is 9.76. The molecule has 1 fully saturated rings. The van der Waals surface area contributed by atoms with E-state index in [0.717, 1.165) is 18.8 Å². The highest BCUT2D eigenvalue weighted by atomic mass is 32.2. The van der Waals surface area contributed by atoms with Crippen LogP contribution in [0.25, 0.3) is 0 Å². The third-order valence-corrected chi connectivity index (χ3v) is 4.81. The molecule has 21 heavy (non-hydrogen) atoms. The van der Waals surface area contributed by atoms with Crippen LogP contribution in [0.2, 0.25) is 0 Å². The highest BCUT2D eigenvalue weighted by Crippen LogP contribution is 2.33. The van der Waals surface area contributed by atoms with Crippen LogP contribution in [-0.4, -0.2) is 20.5 Å². The second-order valence-corrected chi connectivity index (χ2v) is 8.51. The second kappa shape index (κ2) is 6.50. The van der Waals surface area contributed by atoms with E-state index in [-0.39, 0.29) is 10.6 Å². The summed E-state index contributed by atoms with van der Waals surface area (Å²) in [6.07, 6.45) is 4.61. The van der Waals surface area contributed by atoms with Gasteiger partial charge in [0.1, 0.15) is 5.76 Å². The summed E-state index contributed by atoms with van der Waals surface area (Å²) in [6.45, 7) is 7.15. The first kappa shape index (κ1) is 16.5. The van der Waals surface area contributed by atoms with Gasteiger partial charge in [-0.2, -0.15) is 0 Å². The maximum atomic E-state index is 12.1. The number of hydrogen-bond acceptors (Lipinski definition) is 4. The lowest BCUT2D eigenvalue weighted by Crippen LogP contribution is -2.34. The molecule has 0 atom stereocenters. The van der Waals surface area contributed by atoms with Crippen molar-refractivity contribution in [1.29, 1.82) is 0 Å². The zero-order valence-electron chi connectivity index (χ0n) is 13.1. The molecule has 120 valence electrons. The Kier molecular flexibility index (Phi) is 5.11. The summed E-state index contributed by atoms with van der Waals surface area (Å²) in [5.41, 5.74) is -0.0348. The molecule has 0 amide bonds. The minimum absolute atomic E-state index is 0.000342. The van der Waals surface area contributed by atoms with Crippen molar-refractivity contribution in [2.75, 3.05) is 6.54 Å². The quantitative estimate of drug-likeness (QED) is 0.724. The minimum Gasteiger partial charge on any atom is -0.447 e. The molecule has 0 radical (unpaired) electrons. The van der Waals surface area contributed by atoms with Crippen LogP contribution in [0, 0.1) is 5.92 Å². The van der Waals surface area contributed by atoms with Gasteiger partial charge in [-0.15, -0.1) is 0 Å². The van der Waals surface area contributed by atoms with E-state index in [4.69, 9.17) is 4.42 Å². The summed E-state index contributed by atoms with van der Waals surface area (Å²) in [4.78, 5) is 0. The molecule has 1 aliphatic rings. The zero-order chi connectivity index (χ0) is 15.5. The number of hydrogen-bond donors (Lipinski definition) is 2. The SMILES string of the molecule is CC(C)(C)NCc1ccc(S(=O)(=O)NCCCC2CC2)o1. The maximum Gasteiger partial charge on any atom is 0.273 e. The maximum absolute atomic E-state index is 12.1. The van der Waals surface area contributed by atoms with Crippen LogP contribution in [0.4, 0.5) is 0 Å². The van der Waals surface area contributed by atoms with Crippen molar-refractivity contribution in [3.05, 3.63) is 17.9 Å². The van der Waals surface area contributed by atoms with Crippen LogP contribution in [0.3, 0.4) is 0 Å². The van der Waals surface area contributed by atoms with Crippen LogP contribution in [-0.2, 0) is 16.6 Å². The Morgan fingerprint density at radius 2 is 2.00 bits per heavy atom. The molecule has 0 aliphatic heterocycles. The molecule has 2 N–H and O–H groups in total. The van der Waals surface area contributed by atoms with Crippen molar-refractivity contribution >= 4 is 10.0 Å². The van der Waals surface area contributed by atoms with Gasteiger partial charge in [0.05, 0.1) is 6.54 Å². The minimum atomic E-state index is -3.52. The van der Waals surface area contributed by atoms with E-state index >= 15 is 0 Å². The molecule has 0 bridgehead atoms. The highest BCUT2D eigenvalue weighted by Gasteiger charge is 2.22. The Bertz CT molecular complexity index is 554. The molecule has 1 saturated carbocycles. The smallest absolute Gasteiger partial charge is 0.273 e. The van der Waals surface area contributed by atoms with Gasteiger partial charge in [-0.25, -0.2) is 13.1 Å². The van der Waals surface area contributed by atoms with Crippen molar-refractivity contribution in [1.82, 2.24) is 10.0 Å². The summed E-state index contributed by atoms with van der Waals surface area (Å²) in [6, 6.07) is 3.22. The summed E-state index contributed by atoms with van der Waals surface area (Å²) >= 11 is 0. The lowest BCUT2D eigenvalue weighted by atomic mass is 10.1. The summed E-state index contributed by atoms with van der Waals surface area (Å²) in [5, 5.41) is 3.27. The van der Waals surface area contributed by atoms with Crippen molar-refractivity contribution in [3.8, 4) is 0 Å². The average molecular weight is 314 g/mol. The largest absolute Gasteiger partial charge is 0.447 e. The van der Waals surface area contributed by atoms with Gasteiger partial charge in [-0.3, -0.25) is 0 Å². The van der Waals surface area contributed by atoms with Gasteiger partial charge < -0.3 is 9.73 Å². The third-order valence-electron chi connectivity index (χ3n) is 3.47. The first-order valence-corrected chi connectivity index (χ1v) is 9.08. The average Bonchev–Trinajstić information content (AvgIpc) is 3.06. The molecular weight excluding hydrogens is 288 g/mol. The molecule has 1 heterocycles. The fourth-order valence-corrected chi connectivity index (χ4v) is 3.04. The lowest BCUT2D eigenvalue weighted by Gasteiger charge is -2.19. The molecule has 1 aromatic heterocycles. The third kappa shape index (κ3) is 5.80. The van der Waals surface area contributed by atoms with Crippen LogP contribution in [0.15, 0.2) is 21.6 Å². The standard InChI is InChI=1S/C15H26N2O3S/c1-15(2,3)16-11-13-8-9-14(20-13)21(18,19)17-10-4-5-12-6-7-12/h8-9,12,16-17H,4-7,10-11H2,1-3H3. The van der Waals surface area contributed by atoms with Crippen LogP contribution >= 0.6 is 0 Å².